The molecular weight excluding hydrogens is 330 g/mol. The number of anilines is 2. The summed E-state index contributed by atoms with van der Waals surface area (Å²) in [5.74, 6) is 0.290. The topological polar surface area (TPSA) is 71.5 Å². The van der Waals surface area contributed by atoms with Gasteiger partial charge in [0.2, 0.25) is 0 Å². The molecule has 1 N–H and O–H groups in total. The molecule has 2 heterocycles. The van der Waals surface area contributed by atoms with Crippen molar-refractivity contribution < 1.29 is 14.3 Å². The first-order valence-electron chi connectivity index (χ1n) is 8.76. The van der Waals surface area contributed by atoms with Gasteiger partial charge in [0.1, 0.15) is 0 Å². The van der Waals surface area contributed by atoms with Gasteiger partial charge in [0.05, 0.1) is 30.1 Å². The van der Waals surface area contributed by atoms with Gasteiger partial charge in [-0.25, -0.2) is 4.79 Å². The highest BCUT2D eigenvalue weighted by molar-refractivity contribution is 5.95. The van der Waals surface area contributed by atoms with Crippen molar-refractivity contribution in [3.63, 3.8) is 0 Å². The summed E-state index contributed by atoms with van der Waals surface area (Å²) in [5, 5.41) is 3.19. The number of methoxy groups -OCH3 is 1. The van der Waals surface area contributed by atoms with E-state index in [0.29, 0.717) is 22.7 Å². The summed E-state index contributed by atoms with van der Waals surface area (Å²) < 4.78 is 4.74. The number of piperidine rings is 1. The number of benzene rings is 1. The Morgan fingerprint density at radius 3 is 2.58 bits per heavy atom. The van der Waals surface area contributed by atoms with Crippen LogP contribution in [-0.2, 0) is 4.74 Å². The number of carbonyl (C=O) groups is 2. The van der Waals surface area contributed by atoms with Crippen LogP contribution in [0.2, 0.25) is 0 Å². The highest BCUT2D eigenvalue weighted by Gasteiger charge is 2.21. The van der Waals surface area contributed by atoms with E-state index in [1.165, 1.54) is 7.11 Å². The Hall–Kier alpha value is -2.89. The molecule has 1 aliphatic rings. The van der Waals surface area contributed by atoms with Crippen LogP contribution in [0.25, 0.3) is 0 Å². The third-order valence-electron chi connectivity index (χ3n) is 4.63. The number of rotatable bonds is 4. The van der Waals surface area contributed by atoms with Gasteiger partial charge in [-0.1, -0.05) is 13.0 Å². The standard InChI is InChI=1S/C20H23N3O3/c1-14-6-8-23(9-7-14)19(24)16-11-18(13-21-12-16)22-17-5-3-4-15(10-17)20(25)26-2/h3-5,10-14,22H,6-9H2,1-2H3. The number of hydrogen-bond donors (Lipinski definition) is 1. The molecule has 1 saturated heterocycles. The lowest BCUT2D eigenvalue weighted by Gasteiger charge is -2.30. The molecule has 0 spiro atoms. The van der Waals surface area contributed by atoms with Gasteiger partial charge >= 0.3 is 5.97 Å². The number of hydrogen-bond acceptors (Lipinski definition) is 5. The molecule has 1 aromatic carbocycles. The molecular formula is C20H23N3O3. The summed E-state index contributed by atoms with van der Waals surface area (Å²) in [7, 11) is 1.35. The minimum Gasteiger partial charge on any atom is -0.465 e. The maximum absolute atomic E-state index is 12.7. The Morgan fingerprint density at radius 1 is 1.12 bits per heavy atom. The molecule has 136 valence electrons. The molecule has 0 radical (unpaired) electrons. The fraction of sp³-hybridized carbons (Fsp3) is 0.350. The van der Waals surface area contributed by atoms with Gasteiger partial charge in [-0.05, 0) is 43.0 Å². The minimum absolute atomic E-state index is 0.0105. The fourth-order valence-electron chi connectivity index (χ4n) is 3.03. The molecule has 0 saturated carbocycles. The molecule has 0 unspecified atom stereocenters. The first kappa shape index (κ1) is 17.9. The summed E-state index contributed by atoms with van der Waals surface area (Å²) in [6.45, 7) is 3.80. The number of esters is 1. The van der Waals surface area contributed by atoms with E-state index >= 15 is 0 Å². The van der Waals surface area contributed by atoms with E-state index in [1.807, 2.05) is 11.0 Å². The zero-order valence-electron chi connectivity index (χ0n) is 15.1. The van der Waals surface area contributed by atoms with E-state index in [4.69, 9.17) is 4.74 Å². The SMILES string of the molecule is COC(=O)c1cccc(Nc2cncc(C(=O)N3CCC(C)CC3)c2)c1. The van der Waals surface area contributed by atoms with Gasteiger partial charge in [-0.15, -0.1) is 0 Å². The molecule has 6 nitrogen and oxygen atoms in total. The second kappa shape index (κ2) is 7.99. The summed E-state index contributed by atoms with van der Waals surface area (Å²) in [6, 6.07) is 8.79. The molecule has 0 aliphatic carbocycles. The van der Waals surface area contributed by atoms with E-state index in [9.17, 15) is 9.59 Å². The van der Waals surface area contributed by atoms with Gasteiger partial charge in [-0.3, -0.25) is 9.78 Å². The molecule has 26 heavy (non-hydrogen) atoms. The third kappa shape index (κ3) is 4.20. The fourth-order valence-corrected chi connectivity index (χ4v) is 3.03. The van der Waals surface area contributed by atoms with E-state index < -0.39 is 5.97 Å². The molecule has 1 fully saturated rings. The van der Waals surface area contributed by atoms with E-state index in [2.05, 4.69) is 17.2 Å². The number of pyridine rings is 1. The second-order valence-corrected chi connectivity index (χ2v) is 6.63. The number of carbonyl (C=O) groups excluding carboxylic acids is 2. The van der Waals surface area contributed by atoms with Gasteiger partial charge < -0.3 is 15.0 Å². The van der Waals surface area contributed by atoms with Crippen LogP contribution in [0.5, 0.6) is 0 Å². The van der Waals surface area contributed by atoms with Crippen molar-refractivity contribution >= 4 is 23.3 Å². The summed E-state index contributed by atoms with van der Waals surface area (Å²) >= 11 is 0. The van der Waals surface area contributed by atoms with Crippen molar-refractivity contribution in [2.24, 2.45) is 5.92 Å². The highest BCUT2D eigenvalue weighted by Crippen LogP contribution is 2.21. The van der Waals surface area contributed by atoms with Crippen molar-refractivity contribution in [2.75, 3.05) is 25.5 Å². The largest absolute Gasteiger partial charge is 0.465 e. The monoisotopic (exact) mass is 353 g/mol. The van der Waals surface area contributed by atoms with Gasteiger partial charge in [0.15, 0.2) is 0 Å². The number of likely N-dealkylation sites (tertiary alicyclic amines) is 1. The smallest absolute Gasteiger partial charge is 0.337 e. The van der Waals surface area contributed by atoms with Crippen LogP contribution in [0, 0.1) is 5.92 Å². The quantitative estimate of drug-likeness (QED) is 0.852. The van der Waals surface area contributed by atoms with Crippen molar-refractivity contribution in [3.8, 4) is 0 Å². The predicted octanol–water partition coefficient (Wildman–Crippen LogP) is 3.48. The minimum atomic E-state index is -0.393. The number of amides is 1. The lowest BCUT2D eigenvalue weighted by molar-refractivity contribution is 0.0600. The van der Waals surface area contributed by atoms with E-state index in [-0.39, 0.29) is 5.91 Å². The molecule has 1 aromatic heterocycles. The highest BCUT2D eigenvalue weighted by atomic mass is 16.5. The molecule has 6 heteroatoms. The lowest BCUT2D eigenvalue weighted by Crippen LogP contribution is -2.37. The van der Waals surface area contributed by atoms with Crippen LogP contribution in [0.4, 0.5) is 11.4 Å². The maximum Gasteiger partial charge on any atom is 0.337 e. The predicted molar refractivity (Wildman–Crippen MR) is 99.6 cm³/mol. The van der Waals surface area contributed by atoms with Crippen LogP contribution in [-0.4, -0.2) is 42.0 Å². The number of nitrogens with one attached hydrogen (secondary N) is 1. The molecule has 2 aromatic rings. The van der Waals surface area contributed by atoms with Gasteiger partial charge in [-0.2, -0.15) is 0 Å². The Kier molecular flexibility index (Phi) is 5.51. The Morgan fingerprint density at radius 2 is 1.85 bits per heavy atom. The molecule has 0 bridgehead atoms. The number of ether oxygens (including phenoxy) is 1. The normalized spacial score (nSPS) is 14.8. The zero-order chi connectivity index (χ0) is 18.5. The molecule has 1 aliphatic heterocycles. The van der Waals surface area contributed by atoms with Crippen molar-refractivity contribution in [2.45, 2.75) is 19.8 Å². The van der Waals surface area contributed by atoms with Crippen molar-refractivity contribution in [3.05, 3.63) is 53.9 Å². The van der Waals surface area contributed by atoms with Crippen LogP contribution in [0.3, 0.4) is 0 Å². The van der Waals surface area contributed by atoms with Crippen LogP contribution in [0.15, 0.2) is 42.7 Å². The van der Waals surface area contributed by atoms with Gasteiger partial charge in [0.25, 0.3) is 5.91 Å². The first-order valence-corrected chi connectivity index (χ1v) is 8.76. The molecule has 1 amide bonds. The average Bonchev–Trinajstić information content (AvgIpc) is 2.68. The lowest BCUT2D eigenvalue weighted by atomic mass is 9.99. The van der Waals surface area contributed by atoms with Crippen LogP contribution in [0.1, 0.15) is 40.5 Å². The zero-order valence-corrected chi connectivity index (χ0v) is 15.1. The maximum atomic E-state index is 12.7. The number of nitrogens with zero attached hydrogens (tertiary/aromatic N) is 2. The second-order valence-electron chi connectivity index (χ2n) is 6.63. The van der Waals surface area contributed by atoms with Crippen LogP contribution >= 0.6 is 0 Å². The Bertz CT molecular complexity index is 798. The summed E-state index contributed by atoms with van der Waals surface area (Å²) in [4.78, 5) is 30.4. The van der Waals surface area contributed by atoms with E-state index in [0.717, 1.165) is 31.6 Å². The molecule has 0 atom stereocenters. The number of aromatic nitrogens is 1. The Balaban J connectivity index is 1.73. The summed E-state index contributed by atoms with van der Waals surface area (Å²) in [5.41, 5.74) is 2.45. The third-order valence-corrected chi connectivity index (χ3v) is 4.63. The average molecular weight is 353 g/mol. The van der Waals surface area contributed by atoms with Crippen molar-refractivity contribution in [1.29, 1.82) is 0 Å². The van der Waals surface area contributed by atoms with E-state index in [1.54, 1.807) is 36.7 Å². The first-order chi connectivity index (χ1) is 12.6. The molecule has 3 rings (SSSR count). The Labute approximate surface area is 153 Å². The van der Waals surface area contributed by atoms with Crippen molar-refractivity contribution in [1.82, 2.24) is 9.88 Å². The summed E-state index contributed by atoms with van der Waals surface area (Å²) in [6.07, 6.45) is 5.32. The van der Waals surface area contributed by atoms with Gasteiger partial charge in [0, 0.05) is 25.0 Å². The van der Waals surface area contributed by atoms with Crippen LogP contribution < -0.4 is 5.32 Å².